The molecule has 0 radical (unpaired) electrons. The summed E-state index contributed by atoms with van der Waals surface area (Å²) >= 11 is 0. The van der Waals surface area contributed by atoms with Crippen molar-refractivity contribution in [3.05, 3.63) is 54.2 Å². The Bertz CT molecular complexity index is 939. The first-order chi connectivity index (χ1) is 16.2. The van der Waals surface area contributed by atoms with Crippen molar-refractivity contribution in [2.75, 3.05) is 55.6 Å². The van der Waals surface area contributed by atoms with Gasteiger partial charge in [0, 0.05) is 69.2 Å². The van der Waals surface area contributed by atoms with E-state index < -0.39 is 0 Å². The number of nitrogens with one attached hydrogen (secondary N) is 1. The van der Waals surface area contributed by atoms with Gasteiger partial charge in [0.05, 0.1) is 6.54 Å². The molecule has 3 N–H and O–H groups in total. The second-order valence-corrected chi connectivity index (χ2v) is 8.63. The number of piperazine rings is 1. The number of anilines is 2. The lowest BCUT2D eigenvalue weighted by atomic mass is 9.96. The Morgan fingerprint density at radius 2 is 1.74 bits per heavy atom. The fourth-order valence-electron chi connectivity index (χ4n) is 4.62. The first-order valence-electron chi connectivity index (χ1n) is 12.0. The van der Waals surface area contributed by atoms with Crippen molar-refractivity contribution >= 4 is 47.3 Å². The monoisotopic (exact) mass is 577 g/mol. The Kier molecular flexibility index (Phi) is 9.79. The second-order valence-electron chi connectivity index (χ2n) is 8.63. The molecule has 0 aliphatic carbocycles. The lowest BCUT2D eigenvalue weighted by Crippen LogP contribution is -2.52. The molecule has 2 saturated heterocycles. The van der Waals surface area contributed by atoms with Crippen LogP contribution in [0, 0.1) is 5.92 Å². The minimum Gasteiger partial charge on any atom is -0.369 e. The summed E-state index contributed by atoms with van der Waals surface area (Å²) in [5.41, 5.74) is 7.88. The number of para-hydroxylation sites is 1. The summed E-state index contributed by atoms with van der Waals surface area (Å²) in [4.78, 5) is 28.2. The molecule has 0 unspecified atom stereocenters. The second kappa shape index (κ2) is 12.8. The number of guanidine groups is 1. The average Bonchev–Trinajstić information content (AvgIpc) is 2.87. The summed E-state index contributed by atoms with van der Waals surface area (Å²) in [6.07, 6.45) is 3.39. The molecule has 1 aromatic heterocycles. The van der Waals surface area contributed by atoms with Gasteiger partial charge >= 0.3 is 0 Å². The highest BCUT2D eigenvalue weighted by Crippen LogP contribution is 2.25. The van der Waals surface area contributed by atoms with Gasteiger partial charge in [-0.3, -0.25) is 4.79 Å². The third kappa shape index (κ3) is 6.52. The van der Waals surface area contributed by atoms with Crippen LogP contribution in [0.3, 0.4) is 0 Å². The van der Waals surface area contributed by atoms with Crippen LogP contribution in [-0.2, 0) is 11.3 Å². The van der Waals surface area contributed by atoms with Crippen molar-refractivity contribution in [2.45, 2.75) is 26.3 Å². The molecule has 2 aliphatic rings. The molecule has 8 nitrogen and oxygen atoms in total. The molecule has 1 aromatic carbocycles. The highest BCUT2D eigenvalue weighted by atomic mass is 127. The summed E-state index contributed by atoms with van der Waals surface area (Å²) in [6, 6.07) is 14.7. The topological polar surface area (TPSA) is 90.1 Å². The summed E-state index contributed by atoms with van der Waals surface area (Å²) in [6.45, 7) is 8.91. The van der Waals surface area contributed by atoms with Crippen molar-refractivity contribution in [1.82, 2.24) is 15.2 Å². The molecule has 0 spiro atoms. The standard InChI is InChI=1S/C25H35N7O.HI/c1-2-27-25(32-17-15-30(16-18-32)22-8-4-3-5-9-22)29-19-21-7-6-12-28-24(21)31-13-10-20(11-14-31)23(26)33;/h3-9,12,20H,2,10-11,13-19H2,1H3,(H2,26,33)(H,27,29);1H. The minimum atomic E-state index is -0.192. The van der Waals surface area contributed by atoms with Gasteiger partial charge in [0.1, 0.15) is 5.82 Å². The number of primary amides is 1. The highest BCUT2D eigenvalue weighted by Gasteiger charge is 2.25. The Labute approximate surface area is 219 Å². The smallest absolute Gasteiger partial charge is 0.220 e. The summed E-state index contributed by atoms with van der Waals surface area (Å²) in [7, 11) is 0. The molecule has 34 heavy (non-hydrogen) atoms. The number of benzene rings is 1. The average molecular weight is 578 g/mol. The van der Waals surface area contributed by atoms with E-state index in [1.165, 1.54) is 5.69 Å². The van der Waals surface area contributed by atoms with Gasteiger partial charge in [-0.05, 0) is 38.0 Å². The number of pyridine rings is 1. The van der Waals surface area contributed by atoms with Gasteiger partial charge in [0.2, 0.25) is 5.91 Å². The zero-order chi connectivity index (χ0) is 23.0. The van der Waals surface area contributed by atoms with Crippen LogP contribution in [0.4, 0.5) is 11.5 Å². The van der Waals surface area contributed by atoms with Crippen molar-refractivity contribution in [3.63, 3.8) is 0 Å². The quantitative estimate of drug-likeness (QED) is 0.312. The van der Waals surface area contributed by atoms with Crippen LogP contribution in [0.2, 0.25) is 0 Å². The maximum absolute atomic E-state index is 11.5. The Balaban J connectivity index is 0.00000324. The van der Waals surface area contributed by atoms with Gasteiger partial charge in [0.15, 0.2) is 5.96 Å². The Morgan fingerprint density at radius 1 is 1.03 bits per heavy atom. The van der Waals surface area contributed by atoms with E-state index in [2.05, 4.69) is 68.3 Å². The number of carbonyl (C=O) groups is 1. The number of aromatic nitrogens is 1. The van der Waals surface area contributed by atoms with E-state index in [0.717, 1.165) is 76.0 Å². The van der Waals surface area contributed by atoms with Crippen LogP contribution in [0.5, 0.6) is 0 Å². The number of hydrogen-bond acceptors (Lipinski definition) is 5. The summed E-state index contributed by atoms with van der Waals surface area (Å²) in [5, 5.41) is 3.47. The first kappa shape index (κ1) is 26.1. The number of rotatable bonds is 6. The molecule has 3 heterocycles. The molecule has 2 aromatic rings. The number of nitrogens with zero attached hydrogens (tertiary/aromatic N) is 5. The number of halogens is 1. The van der Waals surface area contributed by atoms with Crippen LogP contribution in [-0.4, -0.2) is 67.6 Å². The molecule has 4 rings (SSSR count). The van der Waals surface area contributed by atoms with Crippen molar-refractivity contribution < 1.29 is 4.79 Å². The zero-order valence-electron chi connectivity index (χ0n) is 19.9. The minimum absolute atomic E-state index is 0. The predicted octanol–water partition coefficient (Wildman–Crippen LogP) is 2.69. The third-order valence-electron chi connectivity index (χ3n) is 6.50. The molecule has 184 valence electrons. The van der Waals surface area contributed by atoms with Gasteiger partial charge in [-0.15, -0.1) is 24.0 Å². The van der Waals surface area contributed by atoms with E-state index >= 15 is 0 Å². The largest absolute Gasteiger partial charge is 0.369 e. The van der Waals surface area contributed by atoms with E-state index in [4.69, 9.17) is 10.7 Å². The van der Waals surface area contributed by atoms with Crippen molar-refractivity contribution in [2.24, 2.45) is 16.6 Å². The summed E-state index contributed by atoms with van der Waals surface area (Å²) in [5.74, 6) is 1.70. The molecule has 0 atom stereocenters. The number of amides is 1. The zero-order valence-corrected chi connectivity index (χ0v) is 22.2. The number of piperidine rings is 1. The third-order valence-corrected chi connectivity index (χ3v) is 6.50. The Hall–Kier alpha value is -2.56. The normalized spacial score (nSPS) is 17.3. The molecular weight excluding hydrogens is 541 g/mol. The van der Waals surface area contributed by atoms with E-state index in [0.29, 0.717) is 6.54 Å². The molecule has 9 heteroatoms. The number of nitrogens with two attached hydrogens (primary N) is 1. The fraction of sp³-hybridized carbons (Fsp3) is 0.480. The van der Waals surface area contributed by atoms with Crippen molar-refractivity contribution in [1.29, 1.82) is 0 Å². The molecule has 0 saturated carbocycles. The Morgan fingerprint density at radius 3 is 2.38 bits per heavy atom. The van der Waals surface area contributed by atoms with Gasteiger partial charge in [-0.25, -0.2) is 9.98 Å². The molecule has 2 aliphatic heterocycles. The molecule has 0 bridgehead atoms. The molecule has 1 amide bonds. The SMILES string of the molecule is CCNC(=NCc1cccnc1N1CCC(C(N)=O)CC1)N1CCN(c2ccccc2)CC1.I. The molecular formula is C25H36IN7O. The summed E-state index contributed by atoms with van der Waals surface area (Å²) < 4.78 is 0. The lowest BCUT2D eigenvalue weighted by molar-refractivity contribution is -0.122. The maximum Gasteiger partial charge on any atom is 0.220 e. The van der Waals surface area contributed by atoms with Crippen LogP contribution < -0.4 is 20.9 Å². The van der Waals surface area contributed by atoms with Crippen LogP contribution in [0.25, 0.3) is 0 Å². The highest BCUT2D eigenvalue weighted by molar-refractivity contribution is 14.0. The van der Waals surface area contributed by atoms with Gasteiger partial charge in [0.25, 0.3) is 0 Å². The lowest BCUT2D eigenvalue weighted by Gasteiger charge is -2.37. The van der Waals surface area contributed by atoms with E-state index in [-0.39, 0.29) is 35.8 Å². The van der Waals surface area contributed by atoms with Crippen LogP contribution in [0.15, 0.2) is 53.7 Å². The maximum atomic E-state index is 11.5. The first-order valence-corrected chi connectivity index (χ1v) is 12.0. The predicted molar refractivity (Wildman–Crippen MR) is 149 cm³/mol. The van der Waals surface area contributed by atoms with Crippen LogP contribution >= 0.6 is 24.0 Å². The number of aliphatic imine (C=N–C) groups is 1. The van der Waals surface area contributed by atoms with Gasteiger partial charge in [-0.2, -0.15) is 0 Å². The van der Waals surface area contributed by atoms with Gasteiger partial charge < -0.3 is 25.8 Å². The van der Waals surface area contributed by atoms with E-state index in [1.807, 2.05) is 12.3 Å². The number of hydrogen-bond donors (Lipinski definition) is 2. The van der Waals surface area contributed by atoms with E-state index in [9.17, 15) is 4.79 Å². The fourth-order valence-corrected chi connectivity index (χ4v) is 4.62. The van der Waals surface area contributed by atoms with E-state index in [1.54, 1.807) is 0 Å². The van der Waals surface area contributed by atoms with Crippen molar-refractivity contribution in [3.8, 4) is 0 Å². The molecule has 2 fully saturated rings. The number of carbonyl (C=O) groups excluding carboxylic acids is 1. The van der Waals surface area contributed by atoms with Crippen LogP contribution in [0.1, 0.15) is 25.3 Å². The van der Waals surface area contributed by atoms with Gasteiger partial charge in [-0.1, -0.05) is 24.3 Å².